The first-order valence-corrected chi connectivity index (χ1v) is 13.4. The molecule has 3 heterocycles. The zero-order valence-corrected chi connectivity index (χ0v) is 21.6. The lowest BCUT2D eigenvalue weighted by atomic mass is 9.97. The number of carbonyl (C=O) groups excluding carboxylic acids is 1. The third kappa shape index (κ3) is 4.51. The van der Waals surface area contributed by atoms with E-state index < -0.39 is 0 Å². The fraction of sp³-hybridized carbons (Fsp3) is 0.429. The van der Waals surface area contributed by atoms with Crippen molar-refractivity contribution >= 4 is 34.9 Å². The number of halogens is 2. The molecule has 2 aromatic carbocycles. The van der Waals surface area contributed by atoms with Gasteiger partial charge in [-0.05, 0) is 62.3 Å². The van der Waals surface area contributed by atoms with E-state index in [0.29, 0.717) is 39.7 Å². The zero-order chi connectivity index (χ0) is 24.8. The first kappa shape index (κ1) is 23.8. The number of para-hydroxylation sites is 1. The highest BCUT2D eigenvalue weighted by molar-refractivity contribution is 6.39. The van der Waals surface area contributed by atoms with Crippen LogP contribution in [0.2, 0.25) is 10.0 Å². The van der Waals surface area contributed by atoms with Gasteiger partial charge >= 0.3 is 6.03 Å². The Hall–Kier alpha value is -2.54. The molecule has 2 bridgehead atoms. The molecule has 8 heteroatoms. The number of anilines is 1. The number of fused-ring (bicyclic) bond motifs is 2. The Morgan fingerprint density at radius 2 is 1.83 bits per heavy atom. The number of carbonyl (C=O) groups is 1. The fourth-order valence-corrected chi connectivity index (χ4v) is 6.46. The minimum absolute atomic E-state index is 0.0234. The van der Waals surface area contributed by atoms with Crippen LogP contribution < -0.4 is 5.32 Å². The van der Waals surface area contributed by atoms with Gasteiger partial charge in [0.1, 0.15) is 11.5 Å². The summed E-state index contributed by atoms with van der Waals surface area (Å²) in [5.74, 6) is 1.70. The van der Waals surface area contributed by atoms with Crippen molar-refractivity contribution in [2.45, 2.75) is 69.7 Å². The van der Waals surface area contributed by atoms with Gasteiger partial charge in [-0.2, -0.15) is 0 Å². The second-order valence-corrected chi connectivity index (χ2v) is 11.1. The summed E-state index contributed by atoms with van der Waals surface area (Å²) in [5, 5.41) is 8.53. The van der Waals surface area contributed by atoms with E-state index in [1.807, 2.05) is 53.4 Å². The van der Waals surface area contributed by atoms with Gasteiger partial charge in [0.15, 0.2) is 0 Å². The normalized spacial score (nSPS) is 25.2. The number of nitrogens with zero attached hydrogens (tertiary/aromatic N) is 2. The highest BCUT2D eigenvalue weighted by Gasteiger charge is 2.47. The third-order valence-electron chi connectivity index (χ3n) is 7.78. The van der Waals surface area contributed by atoms with Crippen LogP contribution in [0.3, 0.4) is 0 Å². The predicted molar refractivity (Wildman–Crippen MR) is 140 cm³/mol. The number of nitrogens with one attached hydrogen (secondary N) is 1. The van der Waals surface area contributed by atoms with Crippen LogP contribution in [0.4, 0.5) is 10.5 Å². The SMILES string of the molecule is C[C@@H]1CC2C[C@H](OCc3c(-c4c(Cl)cccc4Cl)noc3C3CC3)CC1N2C(=O)Nc1ccccc1. The number of benzene rings is 2. The van der Waals surface area contributed by atoms with Crippen LogP contribution in [0, 0.1) is 5.92 Å². The van der Waals surface area contributed by atoms with E-state index in [4.69, 9.17) is 32.5 Å². The molecule has 4 atom stereocenters. The van der Waals surface area contributed by atoms with Crippen LogP contribution in [-0.4, -0.2) is 34.3 Å². The molecule has 2 aliphatic heterocycles. The van der Waals surface area contributed by atoms with E-state index in [2.05, 4.69) is 17.4 Å². The number of aromatic nitrogens is 1. The second-order valence-electron chi connectivity index (χ2n) is 10.3. The van der Waals surface area contributed by atoms with E-state index >= 15 is 0 Å². The molecule has 188 valence electrons. The molecular weight excluding hydrogens is 497 g/mol. The van der Waals surface area contributed by atoms with Gasteiger partial charge in [0, 0.05) is 34.8 Å². The molecule has 3 fully saturated rings. The maximum absolute atomic E-state index is 13.1. The van der Waals surface area contributed by atoms with Gasteiger partial charge in [0.05, 0.1) is 22.8 Å². The highest BCUT2D eigenvalue weighted by atomic mass is 35.5. The van der Waals surface area contributed by atoms with Crippen LogP contribution in [-0.2, 0) is 11.3 Å². The quantitative estimate of drug-likeness (QED) is 0.361. The average molecular weight is 526 g/mol. The molecule has 3 aromatic rings. The summed E-state index contributed by atoms with van der Waals surface area (Å²) < 4.78 is 12.3. The van der Waals surface area contributed by atoms with Crippen molar-refractivity contribution in [3.63, 3.8) is 0 Å². The van der Waals surface area contributed by atoms with Crippen molar-refractivity contribution in [3.8, 4) is 11.3 Å². The molecule has 1 aromatic heterocycles. The number of hydrogen-bond acceptors (Lipinski definition) is 4. The first-order valence-electron chi connectivity index (χ1n) is 12.7. The molecule has 2 amide bonds. The molecule has 2 unspecified atom stereocenters. The van der Waals surface area contributed by atoms with Gasteiger partial charge in [-0.1, -0.05) is 59.5 Å². The van der Waals surface area contributed by atoms with E-state index in [0.717, 1.165) is 49.1 Å². The lowest BCUT2D eigenvalue weighted by molar-refractivity contribution is -0.0181. The number of urea groups is 1. The maximum atomic E-state index is 13.1. The molecule has 1 saturated carbocycles. The van der Waals surface area contributed by atoms with Crippen LogP contribution >= 0.6 is 23.2 Å². The summed E-state index contributed by atoms with van der Waals surface area (Å²) in [6.07, 6.45) is 4.86. The summed E-state index contributed by atoms with van der Waals surface area (Å²) in [6, 6.07) is 15.4. The average Bonchev–Trinajstić information content (AvgIpc) is 3.58. The Kier molecular flexibility index (Phi) is 6.44. The van der Waals surface area contributed by atoms with E-state index in [1.54, 1.807) is 0 Å². The molecule has 0 radical (unpaired) electrons. The summed E-state index contributed by atoms with van der Waals surface area (Å²) in [4.78, 5) is 15.2. The van der Waals surface area contributed by atoms with Crippen molar-refractivity contribution in [1.82, 2.24) is 10.1 Å². The Bertz CT molecular complexity index is 1240. The summed E-state index contributed by atoms with van der Waals surface area (Å²) >= 11 is 13.0. The van der Waals surface area contributed by atoms with Crippen molar-refractivity contribution in [3.05, 3.63) is 69.9 Å². The Labute approximate surface area is 220 Å². The standard InChI is InChI=1S/C28H29Cl2N3O3/c1-16-12-19-13-20(14-24(16)33(19)28(34)31-18-6-3-2-4-7-18)35-15-21-26(32-36-27(21)17-10-11-17)25-22(29)8-5-9-23(25)30/h2-9,16-17,19-20,24H,10-15H2,1H3,(H,31,34)/t16-,19?,20+,24?/m1/s1. The van der Waals surface area contributed by atoms with Gasteiger partial charge in [-0.15, -0.1) is 0 Å². The van der Waals surface area contributed by atoms with E-state index in [9.17, 15) is 4.79 Å². The number of hydrogen-bond donors (Lipinski definition) is 1. The molecule has 6 nitrogen and oxygen atoms in total. The van der Waals surface area contributed by atoms with Gasteiger partial charge in [-0.3, -0.25) is 0 Å². The molecule has 0 spiro atoms. The monoisotopic (exact) mass is 525 g/mol. The van der Waals surface area contributed by atoms with Crippen molar-refractivity contribution in [2.75, 3.05) is 5.32 Å². The molecule has 1 N–H and O–H groups in total. The number of rotatable bonds is 6. The summed E-state index contributed by atoms with van der Waals surface area (Å²) in [5.41, 5.74) is 3.12. The van der Waals surface area contributed by atoms with Gasteiger partial charge < -0.3 is 19.5 Å². The van der Waals surface area contributed by atoms with Crippen LogP contribution in [0.5, 0.6) is 0 Å². The molecule has 36 heavy (non-hydrogen) atoms. The number of piperidine rings is 1. The first-order chi connectivity index (χ1) is 17.5. The molecule has 6 rings (SSSR count). The second kappa shape index (κ2) is 9.73. The fourth-order valence-electron chi connectivity index (χ4n) is 5.88. The Balaban J connectivity index is 1.18. The van der Waals surface area contributed by atoms with Gasteiger partial charge in [0.25, 0.3) is 0 Å². The lowest BCUT2D eigenvalue weighted by Gasteiger charge is -2.39. The van der Waals surface area contributed by atoms with E-state index in [1.165, 1.54) is 0 Å². The van der Waals surface area contributed by atoms with Gasteiger partial charge in [0.2, 0.25) is 0 Å². The van der Waals surface area contributed by atoms with Crippen molar-refractivity contribution < 1.29 is 14.1 Å². The Morgan fingerprint density at radius 1 is 1.08 bits per heavy atom. The Morgan fingerprint density at radius 3 is 2.53 bits per heavy atom. The van der Waals surface area contributed by atoms with Crippen LogP contribution in [0.1, 0.15) is 56.3 Å². The molecule has 3 aliphatic rings. The topological polar surface area (TPSA) is 67.6 Å². The highest BCUT2D eigenvalue weighted by Crippen LogP contribution is 2.47. The molecule has 2 saturated heterocycles. The minimum Gasteiger partial charge on any atom is -0.373 e. The maximum Gasteiger partial charge on any atom is 0.322 e. The number of amides is 2. The number of ether oxygens (including phenoxy) is 1. The van der Waals surface area contributed by atoms with Crippen molar-refractivity contribution in [1.29, 1.82) is 0 Å². The zero-order valence-electron chi connectivity index (χ0n) is 20.1. The molecular formula is C28H29Cl2N3O3. The van der Waals surface area contributed by atoms with E-state index in [-0.39, 0.29) is 24.2 Å². The lowest BCUT2D eigenvalue weighted by Crippen LogP contribution is -2.51. The van der Waals surface area contributed by atoms with Crippen LogP contribution in [0.25, 0.3) is 11.3 Å². The largest absolute Gasteiger partial charge is 0.373 e. The van der Waals surface area contributed by atoms with Crippen LogP contribution in [0.15, 0.2) is 53.1 Å². The summed E-state index contributed by atoms with van der Waals surface area (Å²) in [7, 11) is 0. The molecule has 1 aliphatic carbocycles. The summed E-state index contributed by atoms with van der Waals surface area (Å²) in [6.45, 7) is 2.62. The smallest absolute Gasteiger partial charge is 0.322 e. The van der Waals surface area contributed by atoms with Crippen molar-refractivity contribution in [2.24, 2.45) is 5.92 Å². The third-order valence-corrected chi connectivity index (χ3v) is 8.41. The minimum atomic E-state index is -0.0234. The van der Waals surface area contributed by atoms with Gasteiger partial charge in [-0.25, -0.2) is 4.79 Å². The predicted octanol–water partition coefficient (Wildman–Crippen LogP) is 7.52.